The molecule has 5 nitrogen and oxygen atoms in total. The third-order valence-electron chi connectivity index (χ3n) is 4.27. The Hall–Kier alpha value is -1.92. The maximum Gasteiger partial charge on any atom is 0.243 e. The Morgan fingerprint density at radius 1 is 1.25 bits per heavy atom. The molecule has 1 aromatic carbocycles. The summed E-state index contributed by atoms with van der Waals surface area (Å²) < 4.78 is 33.3. The lowest BCUT2D eigenvalue weighted by Gasteiger charge is -2.25. The topological polar surface area (TPSA) is 59.5 Å². The van der Waals surface area contributed by atoms with Crippen molar-refractivity contribution < 1.29 is 13.2 Å². The maximum absolute atomic E-state index is 13.1. The summed E-state index contributed by atoms with van der Waals surface area (Å²) in [7, 11) is -3.53. The molecule has 1 atom stereocenters. The van der Waals surface area contributed by atoms with Crippen LogP contribution in [0.25, 0.3) is 0 Å². The van der Waals surface area contributed by atoms with Crippen LogP contribution in [0.5, 0.6) is 5.88 Å². The van der Waals surface area contributed by atoms with E-state index in [0.717, 1.165) is 24.0 Å². The van der Waals surface area contributed by atoms with Crippen molar-refractivity contribution in [3.8, 4) is 5.88 Å². The fourth-order valence-corrected chi connectivity index (χ4v) is 4.77. The second-order valence-electron chi connectivity index (χ2n) is 5.92. The second kappa shape index (κ2) is 6.91. The Balaban J connectivity index is 1.98. The van der Waals surface area contributed by atoms with E-state index in [-0.39, 0.29) is 6.04 Å². The van der Waals surface area contributed by atoms with E-state index in [4.69, 9.17) is 4.74 Å². The Labute approximate surface area is 143 Å². The first-order valence-electron chi connectivity index (χ1n) is 8.20. The lowest BCUT2D eigenvalue weighted by molar-refractivity contribution is 0.309. The van der Waals surface area contributed by atoms with Gasteiger partial charge in [-0.2, -0.15) is 4.31 Å². The first-order chi connectivity index (χ1) is 11.5. The molecule has 1 saturated heterocycles. The van der Waals surface area contributed by atoms with E-state index >= 15 is 0 Å². The number of sulfonamides is 1. The first-order valence-corrected chi connectivity index (χ1v) is 9.64. The summed E-state index contributed by atoms with van der Waals surface area (Å²) in [5, 5.41) is 0. The molecule has 1 aromatic heterocycles. The van der Waals surface area contributed by atoms with E-state index in [9.17, 15) is 8.42 Å². The minimum absolute atomic E-state index is 0.230. The van der Waals surface area contributed by atoms with E-state index in [1.807, 2.05) is 38.1 Å². The molecule has 1 aliphatic rings. The van der Waals surface area contributed by atoms with Crippen molar-refractivity contribution in [2.45, 2.75) is 37.6 Å². The standard InChI is InChI=1S/C18H22N2O3S/c1-3-23-18-16(6-4-12-19-18)17-7-5-13-20(17)24(21,22)15-10-8-14(2)9-11-15/h4,6,8-12,17H,3,5,7,13H2,1-2H3. The van der Waals surface area contributed by atoms with E-state index < -0.39 is 10.0 Å². The summed E-state index contributed by atoms with van der Waals surface area (Å²) >= 11 is 0. The fourth-order valence-electron chi connectivity index (χ4n) is 3.10. The molecule has 0 radical (unpaired) electrons. The van der Waals surface area contributed by atoms with Gasteiger partial charge in [-0.25, -0.2) is 13.4 Å². The predicted octanol–water partition coefficient (Wildman–Crippen LogP) is 3.31. The summed E-state index contributed by atoms with van der Waals surface area (Å²) in [6.07, 6.45) is 3.27. The summed E-state index contributed by atoms with van der Waals surface area (Å²) in [5.74, 6) is 0.524. The molecule has 2 heterocycles. The van der Waals surface area contributed by atoms with Gasteiger partial charge in [0.1, 0.15) is 0 Å². The molecule has 0 N–H and O–H groups in total. The van der Waals surface area contributed by atoms with Crippen LogP contribution in [0.4, 0.5) is 0 Å². The van der Waals surface area contributed by atoms with Gasteiger partial charge in [0.25, 0.3) is 0 Å². The van der Waals surface area contributed by atoms with Crippen LogP contribution in [0, 0.1) is 6.92 Å². The highest BCUT2D eigenvalue weighted by Gasteiger charge is 2.37. The van der Waals surface area contributed by atoms with Crippen molar-refractivity contribution >= 4 is 10.0 Å². The van der Waals surface area contributed by atoms with Crippen LogP contribution in [-0.2, 0) is 10.0 Å². The maximum atomic E-state index is 13.1. The summed E-state index contributed by atoms with van der Waals surface area (Å²) in [4.78, 5) is 4.61. The number of rotatable bonds is 5. The number of hydrogen-bond donors (Lipinski definition) is 0. The highest BCUT2D eigenvalue weighted by atomic mass is 32.2. The molecule has 1 unspecified atom stereocenters. The molecule has 0 spiro atoms. The quantitative estimate of drug-likeness (QED) is 0.833. The molecule has 128 valence electrons. The molecule has 0 amide bonds. The van der Waals surface area contributed by atoms with Crippen LogP contribution in [0.2, 0.25) is 0 Å². The lowest BCUT2D eigenvalue weighted by Crippen LogP contribution is -2.31. The van der Waals surface area contributed by atoms with Crippen LogP contribution in [0.15, 0.2) is 47.5 Å². The van der Waals surface area contributed by atoms with Gasteiger partial charge >= 0.3 is 0 Å². The van der Waals surface area contributed by atoms with Crippen LogP contribution in [0.3, 0.4) is 0 Å². The van der Waals surface area contributed by atoms with E-state index in [2.05, 4.69) is 4.98 Å². The van der Waals surface area contributed by atoms with Crippen molar-refractivity contribution in [2.24, 2.45) is 0 Å². The average Bonchev–Trinajstić information content (AvgIpc) is 3.06. The van der Waals surface area contributed by atoms with Crippen molar-refractivity contribution in [1.82, 2.24) is 9.29 Å². The van der Waals surface area contributed by atoms with Crippen LogP contribution in [-0.4, -0.2) is 30.9 Å². The number of ether oxygens (including phenoxy) is 1. The van der Waals surface area contributed by atoms with Gasteiger partial charge in [-0.05, 0) is 44.9 Å². The Morgan fingerprint density at radius 2 is 2.00 bits per heavy atom. The molecule has 0 aliphatic carbocycles. The number of aromatic nitrogens is 1. The molecular formula is C18H22N2O3S. The summed E-state index contributed by atoms with van der Waals surface area (Å²) in [6.45, 7) is 4.86. The fraction of sp³-hybridized carbons (Fsp3) is 0.389. The lowest BCUT2D eigenvalue weighted by atomic mass is 10.1. The molecule has 6 heteroatoms. The number of aryl methyl sites for hydroxylation is 1. The Bertz CT molecular complexity index is 803. The van der Waals surface area contributed by atoms with Crippen molar-refractivity contribution in [3.05, 3.63) is 53.7 Å². The van der Waals surface area contributed by atoms with E-state index in [1.165, 1.54) is 0 Å². The van der Waals surface area contributed by atoms with Gasteiger partial charge in [-0.1, -0.05) is 23.8 Å². The van der Waals surface area contributed by atoms with E-state index in [0.29, 0.717) is 23.9 Å². The number of pyridine rings is 1. The molecule has 1 aliphatic heterocycles. The molecule has 3 rings (SSSR count). The van der Waals surface area contributed by atoms with E-state index in [1.54, 1.807) is 22.6 Å². The normalized spacial score (nSPS) is 18.7. The van der Waals surface area contributed by atoms with Crippen LogP contribution in [0.1, 0.15) is 36.9 Å². The van der Waals surface area contributed by atoms with Crippen molar-refractivity contribution in [2.75, 3.05) is 13.2 Å². The van der Waals surface area contributed by atoms with Gasteiger partial charge in [-0.3, -0.25) is 0 Å². The molecule has 24 heavy (non-hydrogen) atoms. The number of benzene rings is 1. The van der Waals surface area contributed by atoms with Gasteiger partial charge < -0.3 is 4.74 Å². The van der Waals surface area contributed by atoms with Gasteiger partial charge in [0, 0.05) is 18.3 Å². The SMILES string of the molecule is CCOc1ncccc1C1CCCN1S(=O)(=O)c1ccc(C)cc1. The minimum atomic E-state index is -3.53. The molecule has 0 bridgehead atoms. The summed E-state index contributed by atoms with van der Waals surface area (Å²) in [5.41, 5.74) is 1.88. The largest absolute Gasteiger partial charge is 0.478 e. The zero-order chi connectivity index (χ0) is 17.2. The Morgan fingerprint density at radius 3 is 2.71 bits per heavy atom. The zero-order valence-corrected chi connectivity index (χ0v) is 14.8. The van der Waals surface area contributed by atoms with Crippen LogP contribution >= 0.6 is 0 Å². The van der Waals surface area contributed by atoms with Gasteiger partial charge in [0.2, 0.25) is 15.9 Å². The Kier molecular flexibility index (Phi) is 4.87. The van der Waals surface area contributed by atoms with Crippen LogP contribution < -0.4 is 4.74 Å². The highest BCUT2D eigenvalue weighted by Crippen LogP contribution is 2.39. The molecule has 1 fully saturated rings. The molecule has 2 aromatic rings. The smallest absolute Gasteiger partial charge is 0.243 e. The van der Waals surface area contributed by atoms with Gasteiger partial charge in [0.05, 0.1) is 17.5 Å². The third kappa shape index (κ3) is 3.16. The predicted molar refractivity (Wildman–Crippen MR) is 92.5 cm³/mol. The second-order valence-corrected chi connectivity index (χ2v) is 7.81. The van der Waals surface area contributed by atoms with Gasteiger partial charge in [0.15, 0.2) is 0 Å². The summed E-state index contributed by atoms with van der Waals surface area (Å²) in [6, 6.07) is 10.5. The zero-order valence-electron chi connectivity index (χ0n) is 14.0. The number of hydrogen-bond acceptors (Lipinski definition) is 4. The highest BCUT2D eigenvalue weighted by molar-refractivity contribution is 7.89. The molecule has 0 saturated carbocycles. The van der Waals surface area contributed by atoms with Crippen molar-refractivity contribution in [1.29, 1.82) is 0 Å². The first kappa shape index (κ1) is 16.9. The monoisotopic (exact) mass is 346 g/mol. The van der Waals surface area contributed by atoms with Crippen molar-refractivity contribution in [3.63, 3.8) is 0 Å². The minimum Gasteiger partial charge on any atom is -0.478 e. The number of nitrogens with zero attached hydrogens (tertiary/aromatic N) is 2. The average molecular weight is 346 g/mol. The third-order valence-corrected chi connectivity index (χ3v) is 6.19. The van der Waals surface area contributed by atoms with Gasteiger partial charge in [-0.15, -0.1) is 0 Å². The molecular weight excluding hydrogens is 324 g/mol.